The van der Waals surface area contributed by atoms with Gasteiger partial charge in [0.1, 0.15) is 11.3 Å². The van der Waals surface area contributed by atoms with Crippen molar-refractivity contribution in [2.24, 2.45) is 5.92 Å². The van der Waals surface area contributed by atoms with Gasteiger partial charge >= 0.3 is 0 Å². The Balaban J connectivity index is 1.68. The molecule has 84 valence electrons. The van der Waals surface area contributed by atoms with Crippen LogP contribution in [0.3, 0.4) is 0 Å². The summed E-state index contributed by atoms with van der Waals surface area (Å²) in [5.74, 6) is 1.58. The number of hydrogen-bond donors (Lipinski definition) is 1. The first kappa shape index (κ1) is 9.73. The summed E-state index contributed by atoms with van der Waals surface area (Å²) in [4.78, 5) is 0. The molecule has 16 heavy (non-hydrogen) atoms. The first-order chi connectivity index (χ1) is 7.92. The molecule has 0 spiro atoms. The summed E-state index contributed by atoms with van der Waals surface area (Å²) in [6.07, 6.45) is 2.92. The van der Waals surface area contributed by atoms with Gasteiger partial charge in [-0.2, -0.15) is 0 Å². The Morgan fingerprint density at radius 1 is 1.38 bits per heavy atom. The third-order valence-corrected chi connectivity index (χ3v) is 3.07. The van der Waals surface area contributed by atoms with Crippen molar-refractivity contribution >= 4 is 11.0 Å². The van der Waals surface area contributed by atoms with Crippen molar-refractivity contribution in [2.75, 3.05) is 19.7 Å². The normalized spacial score (nSPS) is 20.4. The minimum atomic E-state index is 0.653. The number of ether oxygens (including phenoxy) is 1. The molecule has 1 N–H and O–H groups in total. The van der Waals surface area contributed by atoms with E-state index in [9.17, 15) is 0 Å². The maximum absolute atomic E-state index is 5.79. The highest BCUT2D eigenvalue weighted by Gasteiger charge is 2.14. The van der Waals surface area contributed by atoms with Gasteiger partial charge in [0.2, 0.25) is 0 Å². The van der Waals surface area contributed by atoms with Gasteiger partial charge in [0.15, 0.2) is 0 Å². The SMILES string of the molecule is c1cc2cc(OCC3CCNC3)ccc2o1. The molecule has 3 heteroatoms. The Kier molecular flexibility index (Phi) is 2.54. The summed E-state index contributed by atoms with van der Waals surface area (Å²) in [6, 6.07) is 7.91. The zero-order valence-electron chi connectivity index (χ0n) is 9.11. The zero-order chi connectivity index (χ0) is 10.8. The van der Waals surface area contributed by atoms with Crippen LogP contribution in [0.1, 0.15) is 6.42 Å². The van der Waals surface area contributed by atoms with Crippen LogP contribution in [0.4, 0.5) is 0 Å². The van der Waals surface area contributed by atoms with E-state index in [4.69, 9.17) is 9.15 Å². The van der Waals surface area contributed by atoms with Crippen LogP contribution in [-0.4, -0.2) is 19.7 Å². The smallest absolute Gasteiger partial charge is 0.134 e. The summed E-state index contributed by atoms with van der Waals surface area (Å²) in [7, 11) is 0. The van der Waals surface area contributed by atoms with Gasteiger partial charge in [-0.15, -0.1) is 0 Å². The van der Waals surface area contributed by atoms with Crippen molar-refractivity contribution in [3.05, 3.63) is 30.5 Å². The van der Waals surface area contributed by atoms with E-state index in [2.05, 4.69) is 5.32 Å². The quantitative estimate of drug-likeness (QED) is 0.857. The number of hydrogen-bond acceptors (Lipinski definition) is 3. The standard InChI is InChI=1S/C13H15NO2/c1-2-13-11(4-6-15-13)7-12(1)16-9-10-3-5-14-8-10/h1-2,4,6-7,10,14H,3,5,8-9H2. The highest BCUT2D eigenvalue weighted by Crippen LogP contribution is 2.22. The third kappa shape index (κ3) is 1.91. The van der Waals surface area contributed by atoms with Crippen molar-refractivity contribution in [1.82, 2.24) is 5.32 Å². The number of fused-ring (bicyclic) bond motifs is 1. The van der Waals surface area contributed by atoms with Gasteiger partial charge < -0.3 is 14.5 Å². The van der Waals surface area contributed by atoms with Crippen LogP contribution in [-0.2, 0) is 0 Å². The van der Waals surface area contributed by atoms with E-state index >= 15 is 0 Å². The van der Waals surface area contributed by atoms with Crippen LogP contribution in [0, 0.1) is 5.92 Å². The molecule has 1 fully saturated rings. The van der Waals surface area contributed by atoms with Gasteiger partial charge in [-0.1, -0.05) is 0 Å². The van der Waals surface area contributed by atoms with Gasteiger partial charge in [0.25, 0.3) is 0 Å². The Hall–Kier alpha value is -1.48. The molecule has 0 radical (unpaired) electrons. The largest absolute Gasteiger partial charge is 0.493 e. The van der Waals surface area contributed by atoms with Gasteiger partial charge in [-0.3, -0.25) is 0 Å². The molecule has 1 saturated heterocycles. The van der Waals surface area contributed by atoms with Crippen LogP contribution < -0.4 is 10.1 Å². The fourth-order valence-electron chi connectivity index (χ4n) is 2.11. The minimum Gasteiger partial charge on any atom is -0.493 e. The molecule has 0 bridgehead atoms. The van der Waals surface area contributed by atoms with E-state index in [0.717, 1.165) is 36.4 Å². The maximum atomic E-state index is 5.79. The summed E-state index contributed by atoms with van der Waals surface area (Å²) in [6.45, 7) is 3.00. The summed E-state index contributed by atoms with van der Waals surface area (Å²) in [5.41, 5.74) is 0.912. The molecule has 3 rings (SSSR count). The van der Waals surface area contributed by atoms with Crippen LogP contribution >= 0.6 is 0 Å². The first-order valence-electron chi connectivity index (χ1n) is 5.72. The van der Waals surface area contributed by atoms with Crippen LogP contribution in [0.25, 0.3) is 11.0 Å². The fourth-order valence-corrected chi connectivity index (χ4v) is 2.11. The third-order valence-electron chi connectivity index (χ3n) is 3.07. The Morgan fingerprint density at radius 3 is 3.25 bits per heavy atom. The molecule has 1 aliphatic heterocycles. The van der Waals surface area contributed by atoms with Gasteiger partial charge in [0, 0.05) is 17.8 Å². The van der Waals surface area contributed by atoms with Crippen molar-refractivity contribution in [2.45, 2.75) is 6.42 Å². The average Bonchev–Trinajstić information content (AvgIpc) is 2.97. The number of nitrogens with one attached hydrogen (secondary N) is 1. The summed E-state index contributed by atoms with van der Waals surface area (Å²) >= 11 is 0. The maximum Gasteiger partial charge on any atom is 0.134 e. The van der Waals surface area contributed by atoms with Crippen LogP contribution in [0.2, 0.25) is 0 Å². The van der Waals surface area contributed by atoms with E-state index in [1.807, 2.05) is 24.3 Å². The van der Waals surface area contributed by atoms with Gasteiger partial charge in [0.05, 0.1) is 12.9 Å². The lowest BCUT2D eigenvalue weighted by molar-refractivity contribution is 0.260. The lowest BCUT2D eigenvalue weighted by atomic mass is 10.1. The highest BCUT2D eigenvalue weighted by molar-refractivity contribution is 5.78. The molecular weight excluding hydrogens is 202 g/mol. The van der Waals surface area contributed by atoms with Crippen LogP contribution in [0.5, 0.6) is 5.75 Å². The lowest BCUT2D eigenvalue weighted by Gasteiger charge is -2.10. The molecule has 0 saturated carbocycles. The molecule has 1 aliphatic rings. The van der Waals surface area contributed by atoms with Crippen LogP contribution in [0.15, 0.2) is 34.9 Å². The average molecular weight is 217 g/mol. The van der Waals surface area contributed by atoms with Crippen molar-refractivity contribution in [3.8, 4) is 5.75 Å². The molecule has 0 amide bonds. The second kappa shape index (κ2) is 4.18. The zero-order valence-corrected chi connectivity index (χ0v) is 9.11. The minimum absolute atomic E-state index is 0.653. The van der Waals surface area contributed by atoms with Crippen molar-refractivity contribution in [1.29, 1.82) is 0 Å². The Bertz CT molecular complexity index is 471. The molecule has 1 aromatic carbocycles. The Labute approximate surface area is 94.4 Å². The number of furan rings is 1. The monoisotopic (exact) mass is 217 g/mol. The molecule has 1 atom stereocenters. The predicted molar refractivity (Wildman–Crippen MR) is 62.7 cm³/mol. The van der Waals surface area contributed by atoms with Crippen molar-refractivity contribution in [3.63, 3.8) is 0 Å². The first-order valence-corrected chi connectivity index (χ1v) is 5.72. The summed E-state index contributed by atoms with van der Waals surface area (Å²) in [5, 5.41) is 4.44. The van der Waals surface area contributed by atoms with E-state index in [0.29, 0.717) is 5.92 Å². The molecular formula is C13H15NO2. The number of benzene rings is 1. The highest BCUT2D eigenvalue weighted by atomic mass is 16.5. The molecule has 2 aromatic rings. The van der Waals surface area contributed by atoms with Gasteiger partial charge in [-0.05, 0) is 37.2 Å². The second-order valence-electron chi connectivity index (χ2n) is 4.29. The van der Waals surface area contributed by atoms with Gasteiger partial charge in [-0.25, -0.2) is 0 Å². The van der Waals surface area contributed by atoms with E-state index < -0.39 is 0 Å². The Morgan fingerprint density at radius 2 is 2.38 bits per heavy atom. The van der Waals surface area contributed by atoms with E-state index in [1.165, 1.54) is 6.42 Å². The van der Waals surface area contributed by atoms with E-state index in [1.54, 1.807) is 6.26 Å². The van der Waals surface area contributed by atoms with Crippen molar-refractivity contribution < 1.29 is 9.15 Å². The molecule has 3 nitrogen and oxygen atoms in total. The second-order valence-corrected chi connectivity index (χ2v) is 4.29. The predicted octanol–water partition coefficient (Wildman–Crippen LogP) is 2.42. The molecule has 1 aromatic heterocycles. The molecule has 0 aliphatic carbocycles. The fraction of sp³-hybridized carbons (Fsp3) is 0.385. The number of rotatable bonds is 3. The topological polar surface area (TPSA) is 34.4 Å². The van der Waals surface area contributed by atoms with E-state index in [-0.39, 0.29) is 0 Å². The molecule has 1 unspecified atom stereocenters. The summed E-state index contributed by atoms with van der Waals surface area (Å²) < 4.78 is 11.1. The lowest BCUT2D eigenvalue weighted by Crippen LogP contribution is -2.15. The molecule has 2 heterocycles.